The largest absolute Gasteiger partial charge is 0.494 e. The summed E-state index contributed by atoms with van der Waals surface area (Å²) >= 11 is 0. The van der Waals surface area contributed by atoms with Gasteiger partial charge >= 0.3 is 0 Å². The summed E-state index contributed by atoms with van der Waals surface area (Å²) in [6.07, 6.45) is 0. The van der Waals surface area contributed by atoms with Crippen LogP contribution in [0.5, 0.6) is 5.75 Å². The summed E-state index contributed by atoms with van der Waals surface area (Å²) in [5, 5.41) is 0. The van der Waals surface area contributed by atoms with E-state index in [0.717, 1.165) is 11.1 Å². The highest BCUT2D eigenvalue weighted by molar-refractivity contribution is 5.70. The van der Waals surface area contributed by atoms with Crippen molar-refractivity contribution in [2.75, 3.05) is 7.11 Å². The molecular weight excluding hydrogens is 229 g/mol. The summed E-state index contributed by atoms with van der Waals surface area (Å²) in [4.78, 5) is 0. The van der Waals surface area contributed by atoms with Gasteiger partial charge in [0.2, 0.25) is 0 Å². The maximum atomic E-state index is 14.2. The zero-order chi connectivity index (χ0) is 13.1. The number of nitrogens with two attached hydrogens (primary N) is 1. The molecule has 0 spiro atoms. The SMILES string of the molecule is COc1cccc(-c2ccccc2C(C)N)c1F. The Morgan fingerprint density at radius 1 is 1.06 bits per heavy atom. The van der Waals surface area contributed by atoms with E-state index < -0.39 is 0 Å². The summed E-state index contributed by atoms with van der Waals surface area (Å²) in [6.45, 7) is 1.89. The third kappa shape index (κ3) is 2.22. The lowest BCUT2D eigenvalue weighted by molar-refractivity contribution is 0.387. The molecule has 2 nitrogen and oxygen atoms in total. The normalized spacial score (nSPS) is 12.2. The topological polar surface area (TPSA) is 35.2 Å². The van der Waals surface area contributed by atoms with Crippen LogP contribution >= 0.6 is 0 Å². The van der Waals surface area contributed by atoms with Gasteiger partial charge in [0.25, 0.3) is 0 Å². The van der Waals surface area contributed by atoms with Crippen molar-refractivity contribution >= 4 is 0 Å². The Labute approximate surface area is 106 Å². The van der Waals surface area contributed by atoms with Crippen LogP contribution in [0.3, 0.4) is 0 Å². The van der Waals surface area contributed by atoms with Crippen LogP contribution in [0.15, 0.2) is 42.5 Å². The van der Waals surface area contributed by atoms with E-state index in [4.69, 9.17) is 10.5 Å². The minimum atomic E-state index is -0.354. The Morgan fingerprint density at radius 2 is 1.72 bits per heavy atom. The highest BCUT2D eigenvalue weighted by atomic mass is 19.1. The van der Waals surface area contributed by atoms with Crippen molar-refractivity contribution in [3.8, 4) is 16.9 Å². The number of halogens is 1. The summed E-state index contributed by atoms with van der Waals surface area (Å²) in [5.41, 5.74) is 8.16. The lowest BCUT2D eigenvalue weighted by Crippen LogP contribution is -2.07. The molecular formula is C15H16FNO. The van der Waals surface area contributed by atoms with Crippen molar-refractivity contribution in [3.63, 3.8) is 0 Å². The number of methoxy groups -OCH3 is 1. The van der Waals surface area contributed by atoms with Crippen LogP contribution in [0.4, 0.5) is 4.39 Å². The molecule has 0 fully saturated rings. The molecule has 2 N–H and O–H groups in total. The molecule has 94 valence electrons. The van der Waals surface area contributed by atoms with Gasteiger partial charge in [-0.3, -0.25) is 0 Å². The van der Waals surface area contributed by atoms with Gasteiger partial charge in [-0.15, -0.1) is 0 Å². The fourth-order valence-corrected chi connectivity index (χ4v) is 2.02. The van der Waals surface area contributed by atoms with Crippen LogP contribution < -0.4 is 10.5 Å². The van der Waals surface area contributed by atoms with Crippen molar-refractivity contribution in [1.82, 2.24) is 0 Å². The zero-order valence-electron chi connectivity index (χ0n) is 10.5. The minimum Gasteiger partial charge on any atom is -0.494 e. The highest BCUT2D eigenvalue weighted by Crippen LogP contribution is 2.32. The van der Waals surface area contributed by atoms with Crippen molar-refractivity contribution < 1.29 is 9.13 Å². The summed E-state index contributed by atoms with van der Waals surface area (Å²) in [7, 11) is 1.46. The van der Waals surface area contributed by atoms with E-state index in [0.29, 0.717) is 5.56 Å². The average molecular weight is 245 g/mol. The van der Waals surface area contributed by atoms with Gasteiger partial charge in [0.15, 0.2) is 11.6 Å². The van der Waals surface area contributed by atoms with Crippen LogP contribution in [-0.4, -0.2) is 7.11 Å². The van der Waals surface area contributed by atoms with E-state index in [2.05, 4.69) is 0 Å². The second-order valence-electron chi connectivity index (χ2n) is 4.20. The second kappa shape index (κ2) is 5.19. The Kier molecular flexibility index (Phi) is 3.63. The van der Waals surface area contributed by atoms with Crippen LogP contribution in [0, 0.1) is 5.82 Å². The molecule has 0 aliphatic rings. The van der Waals surface area contributed by atoms with Gasteiger partial charge < -0.3 is 10.5 Å². The van der Waals surface area contributed by atoms with E-state index in [9.17, 15) is 4.39 Å². The molecule has 0 amide bonds. The maximum absolute atomic E-state index is 14.2. The predicted molar refractivity (Wildman–Crippen MR) is 71.0 cm³/mol. The molecule has 2 rings (SSSR count). The van der Waals surface area contributed by atoms with Gasteiger partial charge in [0, 0.05) is 11.6 Å². The first-order valence-corrected chi connectivity index (χ1v) is 5.82. The van der Waals surface area contributed by atoms with Crippen molar-refractivity contribution in [3.05, 3.63) is 53.8 Å². The van der Waals surface area contributed by atoms with Gasteiger partial charge in [-0.25, -0.2) is 4.39 Å². The first-order valence-electron chi connectivity index (χ1n) is 5.82. The van der Waals surface area contributed by atoms with Crippen LogP contribution in [0.2, 0.25) is 0 Å². The molecule has 0 saturated heterocycles. The van der Waals surface area contributed by atoms with E-state index in [1.165, 1.54) is 7.11 Å². The predicted octanol–water partition coefficient (Wildman–Crippen LogP) is 3.52. The van der Waals surface area contributed by atoms with Gasteiger partial charge in [-0.1, -0.05) is 36.4 Å². The molecule has 0 radical (unpaired) electrons. The third-order valence-corrected chi connectivity index (χ3v) is 2.92. The Morgan fingerprint density at radius 3 is 2.39 bits per heavy atom. The molecule has 3 heteroatoms. The standard InChI is InChI=1S/C15H16FNO/c1-10(17)11-6-3-4-7-12(11)13-8-5-9-14(18-2)15(13)16/h3-10H,17H2,1-2H3. The second-order valence-corrected chi connectivity index (χ2v) is 4.20. The number of ether oxygens (including phenoxy) is 1. The first-order chi connectivity index (χ1) is 8.65. The number of hydrogen-bond donors (Lipinski definition) is 1. The molecule has 0 aliphatic carbocycles. The molecule has 2 aromatic rings. The zero-order valence-corrected chi connectivity index (χ0v) is 10.5. The van der Waals surface area contributed by atoms with Crippen molar-refractivity contribution in [1.29, 1.82) is 0 Å². The Balaban J connectivity index is 2.62. The van der Waals surface area contributed by atoms with E-state index in [-0.39, 0.29) is 17.6 Å². The van der Waals surface area contributed by atoms with Gasteiger partial charge in [0.1, 0.15) is 0 Å². The quantitative estimate of drug-likeness (QED) is 0.898. The van der Waals surface area contributed by atoms with E-state index in [1.807, 2.05) is 31.2 Å². The number of rotatable bonds is 3. The Bertz CT molecular complexity index is 552. The molecule has 0 heterocycles. The fraction of sp³-hybridized carbons (Fsp3) is 0.200. The number of hydrogen-bond acceptors (Lipinski definition) is 2. The molecule has 1 atom stereocenters. The molecule has 0 aromatic heterocycles. The lowest BCUT2D eigenvalue weighted by Gasteiger charge is -2.14. The summed E-state index contributed by atoms with van der Waals surface area (Å²) in [6, 6.07) is 12.5. The Hall–Kier alpha value is -1.87. The first kappa shape index (κ1) is 12.6. The maximum Gasteiger partial charge on any atom is 0.172 e. The smallest absolute Gasteiger partial charge is 0.172 e. The molecule has 0 aliphatic heterocycles. The average Bonchev–Trinajstić information content (AvgIpc) is 2.39. The molecule has 0 saturated carbocycles. The fourth-order valence-electron chi connectivity index (χ4n) is 2.02. The third-order valence-electron chi connectivity index (χ3n) is 2.92. The van der Waals surface area contributed by atoms with E-state index in [1.54, 1.807) is 18.2 Å². The molecule has 0 bridgehead atoms. The summed E-state index contributed by atoms with van der Waals surface area (Å²) < 4.78 is 19.2. The van der Waals surface area contributed by atoms with E-state index >= 15 is 0 Å². The summed E-state index contributed by atoms with van der Waals surface area (Å²) in [5.74, 6) is -0.111. The molecule has 2 aromatic carbocycles. The monoisotopic (exact) mass is 245 g/mol. The van der Waals surface area contributed by atoms with Gasteiger partial charge in [-0.2, -0.15) is 0 Å². The number of benzene rings is 2. The lowest BCUT2D eigenvalue weighted by atomic mass is 9.95. The van der Waals surface area contributed by atoms with Gasteiger partial charge in [0.05, 0.1) is 7.11 Å². The highest BCUT2D eigenvalue weighted by Gasteiger charge is 2.14. The van der Waals surface area contributed by atoms with Crippen LogP contribution in [-0.2, 0) is 0 Å². The molecule has 1 unspecified atom stereocenters. The minimum absolute atomic E-state index is 0.146. The van der Waals surface area contributed by atoms with Crippen molar-refractivity contribution in [2.24, 2.45) is 5.73 Å². The molecule has 18 heavy (non-hydrogen) atoms. The van der Waals surface area contributed by atoms with Crippen LogP contribution in [0.25, 0.3) is 11.1 Å². The van der Waals surface area contributed by atoms with Crippen LogP contribution in [0.1, 0.15) is 18.5 Å². The van der Waals surface area contributed by atoms with Crippen molar-refractivity contribution in [2.45, 2.75) is 13.0 Å². The van der Waals surface area contributed by atoms with Gasteiger partial charge in [-0.05, 0) is 24.1 Å².